The van der Waals surface area contributed by atoms with Crippen molar-refractivity contribution in [3.63, 3.8) is 0 Å². The number of pyridine rings is 1. The Balaban J connectivity index is 1.35. The van der Waals surface area contributed by atoms with E-state index in [-0.39, 0.29) is 18.4 Å². The van der Waals surface area contributed by atoms with E-state index in [1.165, 1.54) is 21.9 Å². The second kappa shape index (κ2) is 11.9. The first-order valence-corrected chi connectivity index (χ1v) is 15.2. The number of anilines is 1. The van der Waals surface area contributed by atoms with Crippen LogP contribution in [-0.2, 0) is 16.1 Å². The number of carbonyl (C=O) groups is 2. The van der Waals surface area contributed by atoms with Gasteiger partial charge >= 0.3 is 12.1 Å². The van der Waals surface area contributed by atoms with E-state index in [1.54, 1.807) is 26.2 Å². The molecule has 0 spiro atoms. The van der Waals surface area contributed by atoms with E-state index >= 15 is 0 Å². The summed E-state index contributed by atoms with van der Waals surface area (Å²) in [6.45, 7) is 2.73. The number of benzene rings is 2. The third kappa shape index (κ3) is 6.17. The number of carbonyl (C=O) groups excluding carboxylic acids is 1. The highest BCUT2D eigenvalue weighted by Crippen LogP contribution is 2.42. The fraction of sp³-hybridized carbons (Fsp3) is 0.441. The van der Waals surface area contributed by atoms with Gasteiger partial charge in [0, 0.05) is 11.1 Å². The van der Waals surface area contributed by atoms with E-state index in [4.69, 9.17) is 14.5 Å². The van der Waals surface area contributed by atoms with E-state index in [1.807, 2.05) is 31.2 Å². The molecule has 1 amide bonds. The number of ether oxygens (including phenoxy) is 2. The molecule has 3 aromatic rings. The molecule has 1 N–H and O–H groups in total. The first-order valence-electron chi connectivity index (χ1n) is 15.2. The molecular weight excluding hydrogens is 587 g/mol. The van der Waals surface area contributed by atoms with E-state index in [9.17, 15) is 27.9 Å². The molecule has 3 heterocycles. The Morgan fingerprint density at radius 1 is 1.04 bits per heavy atom. The van der Waals surface area contributed by atoms with E-state index < -0.39 is 49.0 Å². The van der Waals surface area contributed by atoms with Gasteiger partial charge in [0.25, 0.3) is 5.92 Å². The van der Waals surface area contributed by atoms with Gasteiger partial charge in [-0.1, -0.05) is 12.1 Å². The van der Waals surface area contributed by atoms with Gasteiger partial charge in [-0.3, -0.25) is 9.69 Å². The molecule has 3 aliphatic rings. The van der Waals surface area contributed by atoms with Gasteiger partial charge in [0.05, 0.1) is 44.4 Å². The van der Waals surface area contributed by atoms with Gasteiger partial charge in [0.2, 0.25) is 0 Å². The van der Waals surface area contributed by atoms with Crippen LogP contribution in [0.15, 0.2) is 48.5 Å². The fourth-order valence-electron chi connectivity index (χ4n) is 6.82. The average Bonchev–Trinajstić information content (AvgIpc) is 3.27. The summed E-state index contributed by atoms with van der Waals surface area (Å²) < 4.78 is 53.3. The molecular formula is C34H36F3N3O5. The number of hydrogen-bond donors (Lipinski definition) is 1. The van der Waals surface area contributed by atoms with Crippen molar-refractivity contribution in [1.82, 2.24) is 9.88 Å². The molecule has 1 saturated carbocycles. The molecule has 3 fully saturated rings. The number of aryl methyl sites for hydroxylation is 1. The number of cyclic esters (lactones) is 1. The molecule has 2 aromatic carbocycles. The number of amides is 1. The lowest BCUT2D eigenvalue weighted by Gasteiger charge is -2.39. The van der Waals surface area contributed by atoms with E-state index in [0.29, 0.717) is 46.8 Å². The minimum atomic E-state index is -2.79. The van der Waals surface area contributed by atoms with Crippen LogP contribution in [0.1, 0.15) is 67.0 Å². The normalized spacial score (nSPS) is 24.3. The third-order valence-electron chi connectivity index (χ3n) is 9.29. The van der Waals surface area contributed by atoms with Crippen molar-refractivity contribution in [3.05, 3.63) is 76.7 Å². The lowest BCUT2D eigenvalue weighted by molar-refractivity contribution is -0.142. The summed E-state index contributed by atoms with van der Waals surface area (Å²) in [5.74, 6) is -3.18. The molecule has 1 aliphatic carbocycles. The number of rotatable bonds is 8. The van der Waals surface area contributed by atoms with Gasteiger partial charge in [-0.05, 0) is 98.5 Å². The molecule has 2 saturated heterocycles. The zero-order valence-corrected chi connectivity index (χ0v) is 25.4. The molecule has 6 rings (SSSR count). The zero-order valence-electron chi connectivity index (χ0n) is 25.4. The standard InChI is InChI=1S/C34H36F3N3O5/c1-19-12-24(14-25(35)13-19)31-20(2)40(33(43)45-31)16-28-26(9-11-30(38-28)39-17-34(36,37)18-39)27-15-23(8-10-29(27)44-3)21-4-6-22(7-5-21)32(41)42/h8-15,20-22,31H,4-7,16-18H2,1-3H3,(H,41,42)/t20-,21?,22?,31-/m0/s1. The Morgan fingerprint density at radius 2 is 1.78 bits per heavy atom. The van der Waals surface area contributed by atoms with Crippen LogP contribution >= 0.6 is 0 Å². The number of carboxylic acids is 1. The molecule has 2 atom stereocenters. The van der Waals surface area contributed by atoms with Gasteiger partial charge < -0.3 is 19.5 Å². The van der Waals surface area contributed by atoms with Crippen molar-refractivity contribution in [1.29, 1.82) is 0 Å². The Morgan fingerprint density at radius 3 is 2.42 bits per heavy atom. The summed E-state index contributed by atoms with van der Waals surface area (Å²) in [5, 5.41) is 9.44. The summed E-state index contributed by atoms with van der Waals surface area (Å²) in [6.07, 6.45) is 1.40. The molecule has 238 valence electrons. The molecule has 0 radical (unpaired) electrons. The van der Waals surface area contributed by atoms with Crippen LogP contribution in [-0.4, -0.2) is 59.2 Å². The molecule has 8 nitrogen and oxygen atoms in total. The number of carboxylic acid groups (broad SMARTS) is 1. The Bertz CT molecular complexity index is 1600. The molecule has 45 heavy (non-hydrogen) atoms. The summed E-state index contributed by atoms with van der Waals surface area (Å²) in [5.41, 5.74) is 4.19. The van der Waals surface area contributed by atoms with Crippen LogP contribution in [0.25, 0.3) is 11.1 Å². The molecule has 11 heteroatoms. The lowest BCUT2D eigenvalue weighted by Crippen LogP contribution is -2.56. The van der Waals surface area contributed by atoms with Crippen LogP contribution in [0, 0.1) is 18.7 Å². The Hall–Kier alpha value is -4.28. The first kappa shape index (κ1) is 30.7. The van der Waals surface area contributed by atoms with Crippen molar-refractivity contribution in [2.24, 2.45) is 5.92 Å². The van der Waals surface area contributed by atoms with Gasteiger partial charge in [0.15, 0.2) is 0 Å². The molecule has 0 bridgehead atoms. The summed E-state index contributed by atoms with van der Waals surface area (Å²) >= 11 is 0. The topological polar surface area (TPSA) is 92.2 Å². The molecule has 1 aromatic heterocycles. The number of aromatic nitrogens is 1. The van der Waals surface area contributed by atoms with Gasteiger partial charge in [-0.25, -0.2) is 22.9 Å². The highest BCUT2D eigenvalue weighted by atomic mass is 19.3. The lowest BCUT2D eigenvalue weighted by atomic mass is 9.78. The average molecular weight is 624 g/mol. The minimum absolute atomic E-state index is 0.0231. The molecule has 2 aliphatic heterocycles. The van der Waals surface area contributed by atoms with Crippen molar-refractivity contribution >= 4 is 17.9 Å². The van der Waals surface area contributed by atoms with Gasteiger partial charge in [-0.15, -0.1) is 0 Å². The summed E-state index contributed by atoms with van der Waals surface area (Å²) in [7, 11) is 1.56. The Kier molecular flexibility index (Phi) is 8.13. The fourth-order valence-corrected chi connectivity index (χ4v) is 6.82. The molecule has 0 unspecified atom stereocenters. The van der Waals surface area contributed by atoms with Crippen LogP contribution in [0.3, 0.4) is 0 Å². The largest absolute Gasteiger partial charge is 0.496 e. The quantitative estimate of drug-likeness (QED) is 0.286. The first-order chi connectivity index (χ1) is 21.4. The number of halogens is 3. The van der Waals surface area contributed by atoms with Gasteiger partial charge in [-0.2, -0.15) is 0 Å². The maximum absolute atomic E-state index is 14.2. The van der Waals surface area contributed by atoms with Gasteiger partial charge in [0.1, 0.15) is 23.5 Å². The maximum atomic E-state index is 14.2. The number of nitrogens with zero attached hydrogens (tertiary/aromatic N) is 3. The van der Waals surface area contributed by atoms with E-state index in [0.717, 1.165) is 24.0 Å². The van der Waals surface area contributed by atoms with Crippen molar-refractivity contribution in [2.45, 2.75) is 70.1 Å². The van der Waals surface area contributed by atoms with Crippen LogP contribution < -0.4 is 9.64 Å². The number of aliphatic carboxylic acids is 1. The number of alkyl halides is 2. The monoisotopic (exact) mass is 623 g/mol. The third-order valence-corrected chi connectivity index (χ3v) is 9.29. The second-order valence-electron chi connectivity index (χ2n) is 12.5. The van der Waals surface area contributed by atoms with Crippen molar-refractivity contribution in [3.8, 4) is 16.9 Å². The minimum Gasteiger partial charge on any atom is -0.496 e. The van der Waals surface area contributed by atoms with Crippen LogP contribution in [0.4, 0.5) is 23.8 Å². The van der Waals surface area contributed by atoms with Crippen molar-refractivity contribution in [2.75, 3.05) is 25.1 Å². The second-order valence-corrected chi connectivity index (χ2v) is 12.5. The van der Waals surface area contributed by atoms with Crippen LogP contribution in [0.2, 0.25) is 0 Å². The van der Waals surface area contributed by atoms with Crippen molar-refractivity contribution < 1.29 is 37.3 Å². The highest BCUT2D eigenvalue weighted by Gasteiger charge is 2.45. The SMILES string of the molecule is COc1ccc(C2CCC(C(=O)O)CC2)cc1-c1ccc(N2CC(F)(F)C2)nc1CN1C(=O)O[C@H](c2cc(C)cc(F)c2)[C@@H]1C. The number of hydrogen-bond acceptors (Lipinski definition) is 6. The summed E-state index contributed by atoms with van der Waals surface area (Å²) in [6, 6.07) is 13.5. The highest BCUT2D eigenvalue weighted by molar-refractivity contribution is 5.76. The number of methoxy groups -OCH3 is 1. The Labute approximate surface area is 259 Å². The smallest absolute Gasteiger partial charge is 0.411 e. The van der Waals surface area contributed by atoms with Crippen LogP contribution in [0.5, 0.6) is 5.75 Å². The maximum Gasteiger partial charge on any atom is 0.411 e. The predicted octanol–water partition coefficient (Wildman–Crippen LogP) is 7.10. The zero-order chi connectivity index (χ0) is 32.0. The van der Waals surface area contributed by atoms with E-state index in [2.05, 4.69) is 0 Å². The predicted molar refractivity (Wildman–Crippen MR) is 161 cm³/mol. The summed E-state index contributed by atoms with van der Waals surface area (Å²) in [4.78, 5) is 32.5.